The summed E-state index contributed by atoms with van der Waals surface area (Å²) in [7, 11) is 0. The molecular formula is C15H22N4. The van der Waals surface area contributed by atoms with Gasteiger partial charge in [-0.2, -0.15) is 5.10 Å². The quantitative estimate of drug-likeness (QED) is 0.866. The zero-order chi connectivity index (χ0) is 13.7. The van der Waals surface area contributed by atoms with Crippen molar-refractivity contribution in [3.63, 3.8) is 0 Å². The maximum absolute atomic E-state index is 5.68. The first-order valence-corrected chi connectivity index (χ1v) is 6.93. The van der Waals surface area contributed by atoms with Crippen molar-refractivity contribution in [1.82, 2.24) is 14.8 Å². The summed E-state index contributed by atoms with van der Waals surface area (Å²) in [6, 6.07) is 6.45. The van der Waals surface area contributed by atoms with Crippen molar-refractivity contribution < 1.29 is 0 Å². The summed E-state index contributed by atoms with van der Waals surface area (Å²) in [6.45, 7) is 4.89. The van der Waals surface area contributed by atoms with Crippen molar-refractivity contribution in [3.8, 4) is 11.3 Å². The van der Waals surface area contributed by atoms with Crippen LogP contribution in [0.1, 0.15) is 37.9 Å². The number of aromatic nitrogens is 3. The molecule has 0 aliphatic carbocycles. The lowest BCUT2D eigenvalue weighted by molar-refractivity contribution is 0.400. The van der Waals surface area contributed by atoms with Crippen molar-refractivity contribution in [3.05, 3.63) is 36.3 Å². The van der Waals surface area contributed by atoms with Crippen LogP contribution in [-0.2, 0) is 0 Å². The van der Waals surface area contributed by atoms with Crippen LogP contribution in [0.3, 0.4) is 0 Å². The summed E-state index contributed by atoms with van der Waals surface area (Å²) in [5.41, 5.74) is 8.76. The van der Waals surface area contributed by atoms with Gasteiger partial charge in [0.25, 0.3) is 0 Å². The molecule has 1 unspecified atom stereocenters. The van der Waals surface area contributed by atoms with E-state index in [9.17, 15) is 0 Å². The van der Waals surface area contributed by atoms with Gasteiger partial charge in [0, 0.05) is 17.5 Å². The van der Waals surface area contributed by atoms with Crippen LogP contribution in [0.15, 0.2) is 30.6 Å². The molecule has 2 aromatic heterocycles. The van der Waals surface area contributed by atoms with E-state index in [0.717, 1.165) is 36.2 Å². The van der Waals surface area contributed by atoms with Crippen molar-refractivity contribution in [2.24, 2.45) is 5.73 Å². The van der Waals surface area contributed by atoms with Crippen LogP contribution in [-0.4, -0.2) is 21.3 Å². The van der Waals surface area contributed by atoms with E-state index in [1.54, 1.807) is 0 Å². The first-order valence-electron chi connectivity index (χ1n) is 6.93. The van der Waals surface area contributed by atoms with Gasteiger partial charge < -0.3 is 5.73 Å². The van der Waals surface area contributed by atoms with Gasteiger partial charge in [0.2, 0.25) is 0 Å². The topological polar surface area (TPSA) is 56.7 Å². The monoisotopic (exact) mass is 258 g/mol. The van der Waals surface area contributed by atoms with E-state index in [2.05, 4.69) is 23.2 Å². The highest BCUT2D eigenvalue weighted by Crippen LogP contribution is 2.21. The first-order chi connectivity index (χ1) is 9.24. The fourth-order valence-corrected chi connectivity index (χ4v) is 2.31. The third-order valence-electron chi connectivity index (χ3n) is 3.28. The zero-order valence-electron chi connectivity index (χ0n) is 11.7. The number of pyridine rings is 1. The van der Waals surface area contributed by atoms with Crippen LogP contribution >= 0.6 is 0 Å². The summed E-state index contributed by atoms with van der Waals surface area (Å²) >= 11 is 0. The van der Waals surface area contributed by atoms with E-state index in [4.69, 9.17) is 5.73 Å². The van der Waals surface area contributed by atoms with Crippen molar-refractivity contribution in [2.75, 3.05) is 6.54 Å². The van der Waals surface area contributed by atoms with Crippen LogP contribution in [0.5, 0.6) is 0 Å². The molecule has 0 aliphatic heterocycles. The number of hydrogen-bond acceptors (Lipinski definition) is 3. The van der Waals surface area contributed by atoms with Gasteiger partial charge in [0.15, 0.2) is 0 Å². The molecule has 2 aromatic rings. The van der Waals surface area contributed by atoms with Crippen LogP contribution in [0.25, 0.3) is 11.3 Å². The minimum atomic E-state index is 0.397. The molecule has 0 aliphatic rings. The summed E-state index contributed by atoms with van der Waals surface area (Å²) in [5, 5.41) is 4.48. The molecule has 2 N–H and O–H groups in total. The van der Waals surface area contributed by atoms with Gasteiger partial charge >= 0.3 is 0 Å². The van der Waals surface area contributed by atoms with E-state index >= 15 is 0 Å². The molecule has 19 heavy (non-hydrogen) atoms. The second kappa shape index (κ2) is 6.48. The van der Waals surface area contributed by atoms with Gasteiger partial charge in [-0.3, -0.25) is 9.67 Å². The Labute approximate surface area is 114 Å². The molecule has 1 atom stereocenters. The highest BCUT2D eigenvalue weighted by Gasteiger charge is 2.11. The lowest BCUT2D eigenvalue weighted by Crippen LogP contribution is -2.14. The molecule has 0 spiro atoms. The minimum Gasteiger partial charge on any atom is -0.330 e. The lowest BCUT2D eigenvalue weighted by atomic mass is 10.1. The third-order valence-corrected chi connectivity index (χ3v) is 3.28. The predicted octanol–water partition coefficient (Wildman–Crippen LogP) is 2.94. The number of nitrogens with zero attached hydrogens (tertiary/aromatic N) is 3. The molecule has 2 rings (SSSR count). The Morgan fingerprint density at radius 2 is 2.16 bits per heavy atom. The standard InChI is InChI=1S/C15H22N4/c1-3-5-14(8-9-16)19-11-13(10-17-19)15-7-4-6-12(2)18-15/h4,6-7,10-11,14H,3,5,8-9,16H2,1-2H3. The zero-order valence-corrected chi connectivity index (χ0v) is 11.7. The van der Waals surface area contributed by atoms with E-state index in [1.807, 2.05) is 36.0 Å². The Balaban J connectivity index is 2.22. The van der Waals surface area contributed by atoms with Crippen molar-refractivity contribution >= 4 is 0 Å². The molecule has 0 saturated heterocycles. The maximum Gasteiger partial charge on any atom is 0.0736 e. The molecule has 4 nitrogen and oxygen atoms in total. The Bertz CT molecular complexity index is 512. The van der Waals surface area contributed by atoms with Crippen LogP contribution in [0.4, 0.5) is 0 Å². The van der Waals surface area contributed by atoms with E-state index in [-0.39, 0.29) is 0 Å². The van der Waals surface area contributed by atoms with Gasteiger partial charge in [-0.25, -0.2) is 0 Å². The maximum atomic E-state index is 5.68. The number of rotatable bonds is 6. The van der Waals surface area contributed by atoms with Crippen LogP contribution < -0.4 is 5.73 Å². The molecule has 0 saturated carbocycles. The third kappa shape index (κ3) is 3.41. The van der Waals surface area contributed by atoms with Gasteiger partial charge in [0.1, 0.15) is 0 Å². The fraction of sp³-hybridized carbons (Fsp3) is 0.467. The fourth-order valence-electron chi connectivity index (χ4n) is 2.31. The van der Waals surface area contributed by atoms with E-state index < -0.39 is 0 Å². The molecule has 0 bridgehead atoms. The number of aryl methyl sites for hydroxylation is 1. The average Bonchev–Trinajstić information content (AvgIpc) is 2.88. The molecule has 0 radical (unpaired) electrons. The molecular weight excluding hydrogens is 236 g/mol. The van der Waals surface area contributed by atoms with Gasteiger partial charge in [-0.05, 0) is 38.4 Å². The largest absolute Gasteiger partial charge is 0.330 e. The molecule has 102 valence electrons. The van der Waals surface area contributed by atoms with E-state index in [1.165, 1.54) is 0 Å². The minimum absolute atomic E-state index is 0.397. The Morgan fingerprint density at radius 3 is 2.84 bits per heavy atom. The Hall–Kier alpha value is -1.68. The summed E-state index contributed by atoms with van der Waals surface area (Å²) in [6.07, 6.45) is 7.19. The predicted molar refractivity (Wildman–Crippen MR) is 77.8 cm³/mol. The van der Waals surface area contributed by atoms with Gasteiger partial charge in [-0.1, -0.05) is 19.4 Å². The highest BCUT2D eigenvalue weighted by molar-refractivity contribution is 5.56. The number of nitrogens with two attached hydrogens (primary N) is 1. The summed E-state index contributed by atoms with van der Waals surface area (Å²) in [4.78, 5) is 4.53. The second-order valence-corrected chi connectivity index (χ2v) is 4.89. The first kappa shape index (κ1) is 13.7. The molecule has 2 heterocycles. The van der Waals surface area contributed by atoms with Gasteiger partial charge in [-0.15, -0.1) is 0 Å². The smallest absolute Gasteiger partial charge is 0.0736 e. The van der Waals surface area contributed by atoms with Crippen LogP contribution in [0, 0.1) is 6.92 Å². The van der Waals surface area contributed by atoms with Gasteiger partial charge in [0.05, 0.1) is 17.9 Å². The average molecular weight is 258 g/mol. The van der Waals surface area contributed by atoms with Crippen LogP contribution in [0.2, 0.25) is 0 Å². The molecule has 0 amide bonds. The summed E-state index contributed by atoms with van der Waals surface area (Å²) in [5.74, 6) is 0. The molecule has 4 heteroatoms. The molecule has 0 aromatic carbocycles. The highest BCUT2D eigenvalue weighted by atomic mass is 15.3. The number of hydrogen-bond donors (Lipinski definition) is 1. The SMILES string of the molecule is CCCC(CCN)n1cc(-c2cccc(C)n2)cn1. The lowest BCUT2D eigenvalue weighted by Gasteiger charge is -2.15. The Kier molecular flexibility index (Phi) is 4.68. The Morgan fingerprint density at radius 1 is 1.32 bits per heavy atom. The van der Waals surface area contributed by atoms with Crippen molar-refractivity contribution in [2.45, 2.75) is 39.2 Å². The second-order valence-electron chi connectivity index (χ2n) is 4.89. The molecule has 0 fully saturated rings. The normalized spacial score (nSPS) is 12.6. The summed E-state index contributed by atoms with van der Waals surface area (Å²) < 4.78 is 2.04. The van der Waals surface area contributed by atoms with E-state index in [0.29, 0.717) is 12.6 Å². The van der Waals surface area contributed by atoms with Crippen molar-refractivity contribution in [1.29, 1.82) is 0 Å².